The summed E-state index contributed by atoms with van der Waals surface area (Å²) >= 11 is 0. The van der Waals surface area contributed by atoms with Gasteiger partial charge in [-0.2, -0.15) is 5.10 Å². The van der Waals surface area contributed by atoms with Crippen molar-refractivity contribution in [3.05, 3.63) is 76.6 Å². The summed E-state index contributed by atoms with van der Waals surface area (Å²) in [6.07, 6.45) is 1.89. The molecule has 0 unspecified atom stereocenters. The topological polar surface area (TPSA) is 53.3 Å². The minimum Gasteiger partial charge on any atom is -0.497 e. The summed E-state index contributed by atoms with van der Waals surface area (Å²) in [5.41, 5.74) is 4.91. The largest absolute Gasteiger partial charge is 0.497 e. The number of fused-ring (bicyclic) bond motifs is 1. The maximum atomic E-state index is 13.0. The minimum atomic E-state index is -0.0404. The highest BCUT2D eigenvalue weighted by atomic mass is 16.5. The standard InChI is InChI=1S/C22H20N2O3/c1-14-19(15(2)24(23-14)17-7-5-4-6-8-17)11-16-13-27-21-10-9-18(26-3)12-20(21)22(16)25/h4-12H,13H2,1-3H3/b16-11+. The van der Waals surface area contributed by atoms with Crippen molar-refractivity contribution in [1.82, 2.24) is 9.78 Å². The molecule has 1 aliphatic rings. The summed E-state index contributed by atoms with van der Waals surface area (Å²) in [4.78, 5) is 13.0. The van der Waals surface area contributed by atoms with Gasteiger partial charge < -0.3 is 9.47 Å². The fourth-order valence-corrected chi connectivity index (χ4v) is 3.30. The average Bonchev–Trinajstić information content (AvgIpc) is 2.98. The van der Waals surface area contributed by atoms with Gasteiger partial charge in [0.05, 0.1) is 24.1 Å². The van der Waals surface area contributed by atoms with E-state index in [9.17, 15) is 4.79 Å². The molecule has 0 radical (unpaired) electrons. The van der Waals surface area contributed by atoms with Crippen LogP contribution in [0.5, 0.6) is 11.5 Å². The predicted molar refractivity (Wildman–Crippen MR) is 104 cm³/mol. The number of carbonyl (C=O) groups excluding carboxylic acids is 1. The van der Waals surface area contributed by atoms with E-state index in [1.165, 1.54) is 0 Å². The molecule has 0 fully saturated rings. The van der Waals surface area contributed by atoms with Crippen LogP contribution < -0.4 is 9.47 Å². The molecule has 2 heterocycles. The molecule has 0 N–H and O–H groups in total. The third-order valence-electron chi connectivity index (χ3n) is 4.77. The van der Waals surface area contributed by atoms with E-state index in [1.807, 2.05) is 54.9 Å². The summed E-state index contributed by atoms with van der Waals surface area (Å²) in [7, 11) is 1.58. The van der Waals surface area contributed by atoms with Crippen LogP contribution >= 0.6 is 0 Å². The van der Waals surface area contributed by atoms with Gasteiger partial charge in [0.15, 0.2) is 5.78 Å². The molecule has 1 aromatic heterocycles. The van der Waals surface area contributed by atoms with Crippen LogP contribution in [0, 0.1) is 13.8 Å². The number of para-hydroxylation sites is 1. The smallest absolute Gasteiger partial charge is 0.196 e. The number of hydrogen-bond donors (Lipinski definition) is 0. The van der Waals surface area contributed by atoms with Gasteiger partial charge in [0, 0.05) is 16.8 Å². The lowest BCUT2D eigenvalue weighted by atomic mass is 9.97. The zero-order valence-electron chi connectivity index (χ0n) is 15.5. The van der Waals surface area contributed by atoms with E-state index in [4.69, 9.17) is 9.47 Å². The average molecular weight is 360 g/mol. The molecule has 0 saturated heterocycles. The maximum Gasteiger partial charge on any atom is 0.196 e. The van der Waals surface area contributed by atoms with Crippen molar-refractivity contribution in [3.8, 4) is 17.2 Å². The first-order valence-corrected chi connectivity index (χ1v) is 8.76. The van der Waals surface area contributed by atoms with Crippen molar-refractivity contribution in [2.75, 3.05) is 13.7 Å². The summed E-state index contributed by atoms with van der Waals surface area (Å²) in [5, 5.41) is 4.64. The molecule has 0 amide bonds. The minimum absolute atomic E-state index is 0.0404. The number of nitrogens with zero attached hydrogens (tertiary/aromatic N) is 2. The van der Waals surface area contributed by atoms with Crippen LogP contribution in [0.4, 0.5) is 0 Å². The number of hydrogen-bond acceptors (Lipinski definition) is 4. The molecule has 0 aliphatic carbocycles. The summed E-state index contributed by atoms with van der Waals surface area (Å²) in [6, 6.07) is 15.2. The normalized spacial score (nSPS) is 14.8. The Labute approximate surface area is 157 Å². The lowest BCUT2D eigenvalue weighted by Crippen LogP contribution is -2.19. The number of aromatic nitrogens is 2. The van der Waals surface area contributed by atoms with Crippen LogP contribution in [0.3, 0.4) is 0 Å². The molecule has 136 valence electrons. The zero-order chi connectivity index (χ0) is 19.0. The van der Waals surface area contributed by atoms with Crippen LogP contribution in [0.1, 0.15) is 27.3 Å². The molecule has 3 aromatic rings. The van der Waals surface area contributed by atoms with E-state index >= 15 is 0 Å². The molecule has 2 aromatic carbocycles. The second kappa shape index (κ2) is 6.76. The summed E-state index contributed by atoms with van der Waals surface area (Å²) in [6.45, 7) is 4.20. The Morgan fingerprint density at radius 3 is 2.67 bits per heavy atom. The first kappa shape index (κ1) is 17.1. The van der Waals surface area contributed by atoms with Crippen molar-refractivity contribution >= 4 is 11.9 Å². The van der Waals surface area contributed by atoms with Crippen LogP contribution in [0.15, 0.2) is 54.1 Å². The number of aryl methyl sites for hydroxylation is 1. The van der Waals surface area contributed by atoms with Gasteiger partial charge in [-0.1, -0.05) is 18.2 Å². The van der Waals surface area contributed by atoms with Gasteiger partial charge in [0.25, 0.3) is 0 Å². The number of ketones is 1. The van der Waals surface area contributed by atoms with Crippen LogP contribution in [-0.4, -0.2) is 29.3 Å². The van der Waals surface area contributed by atoms with Crippen LogP contribution in [-0.2, 0) is 0 Å². The lowest BCUT2D eigenvalue weighted by Gasteiger charge is -2.19. The van der Waals surface area contributed by atoms with Crippen molar-refractivity contribution in [3.63, 3.8) is 0 Å². The first-order valence-electron chi connectivity index (χ1n) is 8.76. The molecular formula is C22H20N2O3. The second-order valence-electron chi connectivity index (χ2n) is 6.48. The highest BCUT2D eigenvalue weighted by Crippen LogP contribution is 2.32. The monoisotopic (exact) mass is 360 g/mol. The van der Waals surface area contributed by atoms with E-state index in [2.05, 4.69) is 5.10 Å². The number of rotatable bonds is 3. The number of ether oxygens (including phenoxy) is 2. The molecule has 0 bridgehead atoms. The summed E-state index contributed by atoms with van der Waals surface area (Å²) < 4.78 is 12.9. The third-order valence-corrected chi connectivity index (χ3v) is 4.77. The van der Waals surface area contributed by atoms with E-state index in [-0.39, 0.29) is 12.4 Å². The van der Waals surface area contributed by atoms with Crippen LogP contribution in [0.25, 0.3) is 11.8 Å². The maximum absolute atomic E-state index is 13.0. The van der Waals surface area contributed by atoms with Crippen molar-refractivity contribution < 1.29 is 14.3 Å². The molecular weight excluding hydrogens is 340 g/mol. The predicted octanol–water partition coefficient (Wildman–Crippen LogP) is 4.16. The van der Waals surface area contributed by atoms with E-state index in [0.29, 0.717) is 22.6 Å². The Bertz CT molecular complexity index is 1050. The molecule has 0 saturated carbocycles. The third kappa shape index (κ3) is 3.01. The Hall–Kier alpha value is -3.34. The Kier molecular flexibility index (Phi) is 4.28. The van der Waals surface area contributed by atoms with Crippen molar-refractivity contribution in [2.24, 2.45) is 0 Å². The Balaban J connectivity index is 1.74. The van der Waals surface area contributed by atoms with E-state index < -0.39 is 0 Å². The SMILES string of the molecule is COc1ccc2c(c1)C(=O)/C(=C/c1c(C)nn(-c3ccccc3)c1C)CO2. The van der Waals surface area contributed by atoms with Crippen molar-refractivity contribution in [2.45, 2.75) is 13.8 Å². The highest BCUT2D eigenvalue weighted by molar-refractivity contribution is 6.14. The molecule has 0 atom stereocenters. The highest BCUT2D eigenvalue weighted by Gasteiger charge is 2.25. The van der Waals surface area contributed by atoms with Gasteiger partial charge >= 0.3 is 0 Å². The number of carbonyl (C=O) groups is 1. The molecule has 0 spiro atoms. The van der Waals surface area contributed by atoms with Gasteiger partial charge in [-0.3, -0.25) is 4.79 Å². The fraction of sp³-hybridized carbons (Fsp3) is 0.182. The molecule has 4 rings (SSSR count). The van der Waals surface area contributed by atoms with Crippen LogP contribution in [0.2, 0.25) is 0 Å². The van der Waals surface area contributed by atoms with E-state index in [0.717, 1.165) is 22.6 Å². The number of methoxy groups -OCH3 is 1. The first-order chi connectivity index (χ1) is 13.1. The quantitative estimate of drug-likeness (QED) is 0.658. The molecule has 1 aliphatic heterocycles. The zero-order valence-corrected chi connectivity index (χ0v) is 15.5. The number of Topliss-reactive ketones (excluding diaryl/α,β-unsaturated/α-hetero) is 1. The van der Waals surface area contributed by atoms with Gasteiger partial charge in [-0.15, -0.1) is 0 Å². The van der Waals surface area contributed by atoms with E-state index in [1.54, 1.807) is 25.3 Å². The molecule has 5 heteroatoms. The Morgan fingerprint density at radius 1 is 1.15 bits per heavy atom. The molecule has 27 heavy (non-hydrogen) atoms. The van der Waals surface area contributed by atoms with Gasteiger partial charge in [-0.25, -0.2) is 4.68 Å². The molecule has 5 nitrogen and oxygen atoms in total. The van der Waals surface area contributed by atoms with Gasteiger partial charge in [0.2, 0.25) is 0 Å². The van der Waals surface area contributed by atoms with Gasteiger partial charge in [-0.05, 0) is 50.3 Å². The fourth-order valence-electron chi connectivity index (χ4n) is 3.30. The Morgan fingerprint density at radius 2 is 1.93 bits per heavy atom. The second-order valence-corrected chi connectivity index (χ2v) is 6.48. The van der Waals surface area contributed by atoms with Crippen molar-refractivity contribution in [1.29, 1.82) is 0 Å². The number of benzene rings is 2. The summed E-state index contributed by atoms with van der Waals surface area (Å²) in [5.74, 6) is 1.18. The lowest BCUT2D eigenvalue weighted by molar-refractivity contribution is 0.100. The van der Waals surface area contributed by atoms with Gasteiger partial charge in [0.1, 0.15) is 18.1 Å².